The van der Waals surface area contributed by atoms with Crippen LogP contribution in [0.4, 0.5) is 10.1 Å². The minimum atomic E-state index is -3.72. The molecule has 3 N–H and O–H groups in total. The minimum absolute atomic E-state index is 0.215. The number of benzene rings is 1. The van der Waals surface area contributed by atoms with Gasteiger partial charge in [-0.3, -0.25) is 19.4 Å². The van der Waals surface area contributed by atoms with Crippen LogP contribution < -0.4 is 11.3 Å². The van der Waals surface area contributed by atoms with Gasteiger partial charge in [-0.15, -0.1) is 0 Å². The van der Waals surface area contributed by atoms with Crippen molar-refractivity contribution in [2.75, 3.05) is 12.0 Å². The molecule has 0 atom stereocenters. The molecule has 1 aromatic carbocycles. The zero-order valence-electron chi connectivity index (χ0n) is 12.1. The fourth-order valence-corrected chi connectivity index (χ4v) is 2.97. The van der Waals surface area contributed by atoms with Gasteiger partial charge in [0.05, 0.1) is 16.1 Å². The van der Waals surface area contributed by atoms with E-state index in [0.717, 1.165) is 23.1 Å². The Morgan fingerprint density at radius 3 is 2.41 bits per heavy atom. The first-order valence-corrected chi connectivity index (χ1v) is 8.03. The summed E-state index contributed by atoms with van der Waals surface area (Å²) in [5.74, 6) is -2.01. The molecule has 0 radical (unpaired) electrons. The first kappa shape index (κ1) is 16.0. The number of sulfone groups is 1. The molecule has 0 bridgehead atoms. The standard InChI is InChI=1S/C13H14FN3O4S/c1-6-9(13(19)17(2)16-6)12(18)7-4-5-8(22(3,20)21)11(15)10(7)14/h4-5,16H,15H2,1-3H3. The molecule has 1 heterocycles. The molecule has 0 amide bonds. The van der Waals surface area contributed by atoms with Gasteiger partial charge >= 0.3 is 0 Å². The number of anilines is 1. The highest BCUT2D eigenvalue weighted by Gasteiger charge is 2.25. The lowest BCUT2D eigenvalue weighted by atomic mass is 10.0. The summed E-state index contributed by atoms with van der Waals surface area (Å²) < 4.78 is 38.3. The van der Waals surface area contributed by atoms with Crippen LogP contribution in [0.5, 0.6) is 0 Å². The highest BCUT2D eigenvalue weighted by Crippen LogP contribution is 2.25. The molecule has 0 fully saturated rings. The van der Waals surface area contributed by atoms with Gasteiger partial charge in [-0.2, -0.15) is 0 Å². The van der Waals surface area contributed by atoms with E-state index in [4.69, 9.17) is 5.73 Å². The number of aryl methyl sites for hydroxylation is 2. The van der Waals surface area contributed by atoms with E-state index in [0.29, 0.717) is 0 Å². The molecule has 118 valence electrons. The third-order valence-electron chi connectivity index (χ3n) is 3.24. The van der Waals surface area contributed by atoms with Crippen molar-refractivity contribution < 1.29 is 17.6 Å². The third-order valence-corrected chi connectivity index (χ3v) is 4.39. The van der Waals surface area contributed by atoms with Gasteiger partial charge in [-0.25, -0.2) is 12.8 Å². The molecule has 0 aliphatic heterocycles. The molecule has 0 unspecified atom stereocenters. The van der Waals surface area contributed by atoms with Gasteiger partial charge in [0.1, 0.15) is 5.56 Å². The maximum atomic E-state index is 14.3. The number of hydrogen-bond donors (Lipinski definition) is 2. The lowest BCUT2D eigenvalue weighted by Gasteiger charge is -2.08. The van der Waals surface area contributed by atoms with E-state index >= 15 is 0 Å². The number of halogens is 1. The highest BCUT2D eigenvalue weighted by molar-refractivity contribution is 7.90. The molecule has 7 nitrogen and oxygen atoms in total. The second kappa shape index (κ2) is 5.09. The van der Waals surface area contributed by atoms with Crippen LogP contribution >= 0.6 is 0 Å². The molecule has 22 heavy (non-hydrogen) atoms. The summed E-state index contributed by atoms with van der Waals surface area (Å²) in [7, 11) is -2.30. The fourth-order valence-electron chi connectivity index (χ4n) is 2.16. The van der Waals surface area contributed by atoms with E-state index < -0.39 is 43.1 Å². The van der Waals surface area contributed by atoms with Crippen LogP contribution in [-0.2, 0) is 16.9 Å². The number of aromatic amines is 1. The molecule has 0 saturated heterocycles. The van der Waals surface area contributed by atoms with Gasteiger partial charge in [0.2, 0.25) is 5.78 Å². The summed E-state index contributed by atoms with van der Waals surface area (Å²) >= 11 is 0. The van der Waals surface area contributed by atoms with Crippen LogP contribution in [0.2, 0.25) is 0 Å². The molecule has 2 aromatic rings. The van der Waals surface area contributed by atoms with E-state index in [9.17, 15) is 22.4 Å². The number of carbonyl (C=O) groups is 1. The van der Waals surface area contributed by atoms with Gasteiger partial charge in [0.15, 0.2) is 15.7 Å². The van der Waals surface area contributed by atoms with Crippen molar-refractivity contribution in [3.63, 3.8) is 0 Å². The van der Waals surface area contributed by atoms with Crippen molar-refractivity contribution >= 4 is 21.3 Å². The average molecular weight is 327 g/mol. The number of carbonyl (C=O) groups excluding carboxylic acids is 1. The second-order valence-corrected chi connectivity index (χ2v) is 6.90. The first-order valence-electron chi connectivity index (χ1n) is 6.14. The Morgan fingerprint density at radius 2 is 1.95 bits per heavy atom. The molecule has 9 heteroatoms. The molecular weight excluding hydrogens is 313 g/mol. The quantitative estimate of drug-likeness (QED) is 0.624. The fraction of sp³-hybridized carbons (Fsp3) is 0.231. The van der Waals surface area contributed by atoms with E-state index in [2.05, 4.69) is 5.10 Å². The Hall–Kier alpha value is -2.42. The molecule has 0 aliphatic carbocycles. The van der Waals surface area contributed by atoms with Crippen LogP contribution in [0.15, 0.2) is 21.8 Å². The van der Waals surface area contributed by atoms with Crippen LogP contribution in [0, 0.1) is 12.7 Å². The van der Waals surface area contributed by atoms with E-state index in [-0.39, 0.29) is 11.3 Å². The Morgan fingerprint density at radius 1 is 1.36 bits per heavy atom. The maximum Gasteiger partial charge on any atom is 0.277 e. The largest absolute Gasteiger partial charge is 0.395 e. The van der Waals surface area contributed by atoms with Crippen molar-refractivity contribution in [3.05, 3.63) is 45.1 Å². The molecule has 0 saturated carbocycles. The van der Waals surface area contributed by atoms with E-state index in [1.807, 2.05) is 0 Å². The summed E-state index contributed by atoms with van der Waals surface area (Å²) in [4.78, 5) is 23.8. The van der Waals surface area contributed by atoms with Crippen LogP contribution in [0.25, 0.3) is 0 Å². The number of nitrogens with two attached hydrogens (primary N) is 1. The summed E-state index contributed by atoms with van der Waals surface area (Å²) in [6.07, 6.45) is 0.881. The first-order chi connectivity index (χ1) is 10.1. The number of hydrogen-bond acceptors (Lipinski definition) is 5. The maximum absolute atomic E-state index is 14.3. The number of rotatable bonds is 3. The van der Waals surface area contributed by atoms with Crippen LogP contribution in [0.1, 0.15) is 21.6 Å². The molecule has 1 aromatic heterocycles. The number of nitrogens with one attached hydrogen (secondary N) is 1. The highest BCUT2D eigenvalue weighted by atomic mass is 32.2. The third kappa shape index (κ3) is 2.43. The zero-order chi connectivity index (χ0) is 16.8. The van der Waals surface area contributed by atoms with E-state index in [1.165, 1.54) is 14.0 Å². The monoisotopic (exact) mass is 327 g/mol. The summed E-state index contributed by atoms with van der Waals surface area (Å²) in [6, 6.07) is 2.06. The van der Waals surface area contributed by atoms with Gasteiger partial charge in [0.25, 0.3) is 5.56 Å². The van der Waals surface area contributed by atoms with Crippen molar-refractivity contribution in [3.8, 4) is 0 Å². The zero-order valence-corrected chi connectivity index (χ0v) is 12.9. The van der Waals surface area contributed by atoms with Crippen LogP contribution in [0.3, 0.4) is 0 Å². The SMILES string of the molecule is Cc1[nH]n(C)c(=O)c1C(=O)c1ccc(S(C)(=O)=O)c(N)c1F. The molecule has 0 spiro atoms. The van der Waals surface area contributed by atoms with Gasteiger partial charge < -0.3 is 5.73 Å². The van der Waals surface area contributed by atoms with Gasteiger partial charge in [-0.05, 0) is 19.1 Å². The predicted molar refractivity (Wildman–Crippen MR) is 78.1 cm³/mol. The Balaban J connectivity index is 2.67. The summed E-state index contributed by atoms with van der Waals surface area (Å²) in [5, 5.41) is 2.63. The lowest BCUT2D eigenvalue weighted by Crippen LogP contribution is -2.21. The number of nitrogens with zero attached hydrogens (tertiary/aromatic N) is 1. The van der Waals surface area contributed by atoms with Crippen molar-refractivity contribution in [1.82, 2.24) is 9.78 Å². The molecule has 2 rings (SSSR count). The summed E-state index contributed by atoms with van der Waals surface area (Å²) in [6.45, 7) is 1.50. The number of ketones is 1. The Labute approximate surface area is 125 Å². The topological polar surface area (TPSA) is 115 Å². The lowest BCUT2D eigenvalue weighted by molar-refractivity contribution is 0.103. The average Bonchev–Trinajstić information content (AvgIpc) is 2.64. The minimum Gasteiger partial charge on any atom is -0.395 e. The van der Waals surface area contributed by atoms with Crippen molar-refractivity contribution in [1.29, 1.82) is 0 Å². The smallest absolute Gasteiger partial charge is 0.277 e. The van der Waals surface area contributed by atoms with E-state index in [1.54, 1.807) is 0 Å². The van der Waals surface area contributed by atoms with Crippen LogP contribution in [-0.4, -0.2) is 30.2 Å². The number of H-pyrrole nitrogens is 1. The number of aromatic nitrogens is 2. The normalized spacial score (nSPS) is 11.6. The molecular formula is C13H14FN3O4S. The molecule has 0 aliphatic rings. The second-order valence-electron chi connectivity index (χ2n) is 4.92. The van der Waals surface area contributed by atoms with Crippen molar-refractivity contribution in [2.24, 2.45) is 7.05 Å². The van der Waals surface area contributed by atoms with Crippen molar-refractivity contribution in [2.45, 2.75) is 11.8 Å². The predicted octanol–water partition coefficient (Wildman–Crippen LogP) is 0.378. The number of nitrogen functional groups attached to an aromatic ring is 1. The summed E-state index contributed by atoms with van der Waals surface area (Å²) in [5.41, 5.74) is 3.84. The van der Waals surface area contributed by atoms with Gasteiger partial charge in [0, 0.05) is 19.0 Å². The Bertz CT molecular complexity index is 941. The Kier molecular flexibility index (Phi) is 3.69. The van der Waals surface area contributed by atoms with Gasteiger partial charge in [-0.1, -0.05) is 0 Å².